The van der Waals surface area contributed by atoms with Crippen LogP contribution in [0.3, 0.4) is 0 Å². The number of nitrogens with zero attached hydrogens (tertiary/aromatic N) is 1. The van der Waals surface area contributed by atoms with E-state index in [1.165, 1.54) is 42.9 Å². The molecule has 0 fully saturated rings. The number of amides is 6. The van der Waals surface area contributed by atoms with Crippen molar-refractivity contribution in [2.75, 3.05) is 117 Å². The minimum Gasteiger partial charge on any atom is -0.508 e. The predicted octanol–water partition coefficient (Wildman–Crippen LogP) is 4.90. The zero-order chi connectivity index (χ0) is 82.6. The molecule has 0 aliphatic carbocycles. The lowest BCUT2D eigenvalue weighted by Gasteiger charge is -2.36. The molecule has 3 aromatic heterocycles. The lowest BCUT2D eigenvalue weighted by Crippen LogP contribution is -2.59. The third-order valence-corrected chi connectivity index (χ3v) is 18.8. The van der Waals surface area contributed by atoms with Crippen molar-refractivity contribution in [2.45, 2.75) is 68.8 Å². The largest absolute Gasteiger partial charge is 0.508 e. The first-order chi connectivity index (χ1) is 56.7. The van der Waals surface area contributed by atoms with Crippen LogP contribution in [0, 0.1) is 5.82 Å². The summed E-state index contributed by atoms with van der Waals surface area (Å²) in [6.07, 6.45) is 4.91. The highest BCUT2D eigenvalue weighted by Crippen LogP contribution is 2.57. The Morgan fingerprint density at radius 1 is 0.547 bits per heavy atom. The van der Waals surface area contributed by atoms with Gasteiger partial charge in [0.15, 0.2) is 22.3 Å². The molecule has 6 amide bonds. The van der Waals surface area contributed by atoms with Crippen molar-refractivity contribution in [2.24, 2.45) is 0 Å². The van der Waals surface area contributed by atoms with E-state index in [0.717, 1.165) is 40.9 Å². The van der Waals surface area contributed by atoms with Gasteiger partial charge in [0.2, 0.25) is 29.5 Å². The summed E-state index contributed by atoms with van der Waals surface area (Å²) >= 11 is 5.49. The van der Waals surface area contributed by atoms with Gasteiger partial charge in [-0.25, -0.2) is 14.2 Å². The number of ether oxygens (including phenoxy) is 10. The van der Waals surface area contributed by atoms with Gasteiger partial charge in [0, 0.05) is 126 Å². The average molecular weight is 1630 g/mol. The molecule has 2 aliphatic heterocycles. The Labute approximate surface area is 674 Å². The molecule has 0 unspecified atom stereocenters. The lowest BCUT2D eigenvalue weighted by atomic mass is 9.77. The highest BCUT2D eigenvalue weighted by Gasteiger charge is 2.54. The zero-order valence-corrected chi connectivity index (χ0v) is 64.4. The number of aromatic hydroxyl groups is 2. The number of hydrogen-bond donors (Lipinski definition) is 14. The number of phenols is 2. The molecular formula is C81H89FN12O22S. The fraction of sp³-hybridized carbons (Fsp3) is 0.346. The number of para-hydroxylation sites is 2. The van der Waals surface area contributed by atoms with Crippen molar-refractivity contribution in [1.29, 1.82) is 0 Å². The van der Waals surface area contributed by atoms with Crippen LogP contribution in [0.5, 0.6) is 28.7 Å². The molecule has 2 aliphatic rings. The van der Waals surface area contributed by atoms with Crippen LogP contribution in [0.4, 0.5) is 10.1 Å². The van der Waals surface area contributed by atoms with Crippen molar-refractivity contribution in [3.05, 3.63) is 197 Å². The highest BCUT2D eigenvalue weighted by molar-refractivity contribution is 7.80. The van der Waals surface area contributed by atoms with Gasteiger partial charge in [-0.3, -0.25) is 38.4 Å². The molecule has 6 aromatic carbocycles. The van der Waals surface area contributed by atoms with Crippen LogP contribution in [0.2, 0.25) is 0 Å². The molecule has 0 saturated heterocycles. The maximum Gasteiger partial charge on any atom is 0.340 e. The number of phenolic OH excluding ortho intramolecular Hbond substituents is 2. The van der Waals surface area contributed by atoms with Crippen LogP contribution >= 0.6 is 12.2 Å². The Hall–Kier alpha value is -12.4. The number of thiocarbonyl (C=S) groups is 1. The summed E-state index contributed by atoms with van der Waals surface area (Å²) in [4.78, 5) is 133. The molecule has 5 heterocycles. The number of esters is 2. The number of carboxylic acids is 1. The van der Waals surface area contributed by atoms with Gasteiger partial charge >= 0.3 is 17.9 Å². The molecule has 0 saturated carbocycles. The van der Waals surface area contributed by atoms with E-state index >= 15 is 4.39 Å². The van der Waals surface area contributed by atoms with E-state index < -0.39 is 95.4 Å². The molecule has 9 aromatic rings. The van der Waals surface area contributed by atoms with Crippen LogP contribution in [-0.4, -0.2) is 230 Å². The van der Waals surface area contributed by atoms with Crippen LogP contribution < -0.4 is 52.0 Å². The molecule has 34 nitrogen and oxygen atoms in total. The Balaban J connectivity index is 0.516. The van der Waals surface area contributed by atoms with E-state index in [9.17, 15) is 58.5 Å². The normalized spacial score (nSPS) is 13.3. The van der Waals surface area contributed by atoms with Gasteiger partial charge < -0.3 is 120 Å². The molecule has 1 spiro atoms. The van der Waals surface area contributed by atoms with Gasteiger partial charge in [-0.05, 0) is 90.1 Å². The van der Waals surface area contributed by atoms with Gasteiger partial charge in [0.05, 0.1) is 123 Å². The average Bonchev–Trinajstić information content (AvgIpc) is 1.59. The Kier molecular flexibility index (Phi) is 30.9. The summed E-state index contributed by atoms with van der Waals surface area (Å²) < 4.78 is 71.4. The summed E-state index contributed by atoms with van der Waals surface area (Å²) in [5.74, 6) is -8.16. The molecule has 14 N–H and O–H groups in total. The molecular weight excluding hydrogens is 1540 g/mol. The second kappa shape index (κ2) is 42.3. The number of anilines is 1. The van der Waals surface area contributed by atoms with Crippen LogP contribution in [-0.2, 0) is 96.3 Å². The fourth-order valence-corrected chi connectivity index (χ4v) is 13.2. The fourth-order valence-electron chi connectivity index (χ4n) is 13.0. The number of aromatic amines is 3. The first-order valence-corrected chi connectivity index (χ1v) is 38.0. The molecule has 0 bridgehead atoms. The number of aliphatic carboxylic acids is 1. The summed E-state index contributed by atoms with van der Waals surface area (Å²) in [6, 6.07) is 26.6. The summed E-state index contributed by atoms with van der Waals surface area (Å²) in [5, 5.41) is 53.8. The number of rotatable bonds is 46. The Bertz CT molecular complexity index is 4920. The quantitative estimate of drug-likeness (QED) is 0.0104. The maximum atomic E-state index is 15.1. The van der Waals surface area contributed by atoms with E-state index in [2.05, 4.69) is 62.5 Å². The zero-order valence-electron chi connectivity index (χ0n) is 63.6. The Morgan fingerprint density at radius 2 is 1.05 bits per heavy atom. The number of benzene rings is 6. The third kappa shape index (κ3) is 23.9. The van der Waals surface area contributed by atoms with E-state index in [-0.39, 0.29) is 113 Å². The Morgan fingerprint density at radius 3 is 1.60 bits per heavy atom. The number of fused-ring (bicyclic) bond motifs is 8. The summed E-state index contributed by atoms with van der Waals surface area (Å²) in [6.45, 7) is 4.75. The number of imidazole rings is 1. The standard InChI is InChI=1S/C81H89FN12O22S/c1-48(95)90-68(43-72(98)99)78(105)93-66(38-51-45-88-64-9-5-3-7-57(51)64)76(103)94-67(40-53-46-83-47-89-53)77(104)92-65(37-50-44-87-63-8-4-2-6-56(50)63)75(102)85-20-24-108-23-19-84-74(101)49-10-17-69(62(82)36-49)115-73(100)18-22-107-26-28-110-30-32-112-34-35-113-33-31-111-29-27-109-25-21-86-80(117)91-52-11-14-59-58(39-52)79(106)116-81(59)60-15-12-54(96)41-70(60)114-71-42-55(97)13-16-61(71)81/h2-17,36,39,41-42,44-47,65-68,87-88,96-97H,18-35,37-38,40,43H2,1H3,(H,83,89)(H,84,101)(H,85,102)(H,90,95)(H,92,104)(H,93,105)(H,94,103)(H,98,99)(H2,86,91,117)/t65-,66-,67-,68-/m0/s1. The molecule has 36 heteroatoms. The second-order valence-corrected chi connectivity index (χ2v) is 27.2. The molecule has 4 atom stereocenters. The van der Waals surface area contributed by atoms with Crippen molar-refractivity contribution >= 4 is 98.2 Å². The van der Waals surface area contributed by atoms with Crippen LogP contribution in [0.1, 0.15) is 74.0 Å². The number of carbonyl (C=O) groups is 9. The number of H-pyrrole nitrogens is 3. The number of aromatic nitrogens is 4. The number of carboxylic acid groups (broad SMARTS) is 1. The summed E-state index contributed by atoms with van der Waals surface area (Å²) in [7, 11) is 0. The summed E-state index contributed by atoms with van der Waals surface area (Å²) in [5.41, 5.74) is 4.15. The molecule has 0 radical (unpaired) electrons. The highest BCUT2D eigenvalue weighted by atomic mass is 32.1. The topological polar surface area (TPSA) is 463 Å². The van der Waals surface area contributed by atoms with Gasteiger partial charge in [-0.2, -0.15) is 0 Å². The van der Waals surface area contributed by atoms with Gasteiger partial charge in [-0.1, -0.05) is 42.5 Å². The lowest BCUT2D eigenvalue weighted by molar-refractivity contribution is -0.141. The molecule has 618 valence electrons. The van der Waals surface area contributed by atoms with Gasteiger partial charge in [0.25, 0.3) is 5.91 Å². The number of carbonyl (C=O) groups excluding carboxylic acids is 8. The van der Waals surface area contributed by atoms with E-state index in [1.807, 2.05) is 30.3 Å². The van der Waals surface area contributed by atoms with Crippen molar-refractivity contribution in [3.63, 3.8) is 0 Å². The molecule has 117 heavy (non-hydrogen) atoms. The predicted molar refractivity (Wildman–Crippen MR) is 422 cm³/mol. The SMILES string of the molecule is CC(=O)N[C@@H](CC(=O)O)C(=O)N[C@@H](Cc1c[nH]c2ccccc12)C(=O)N[C@@H](Cc1c[nH]cn1)C(=O)N[C@@H](Cc1c[nH]c2ccccc12)C(=O)NCCOCCNC(=O)c1ccc(OC(=O)CCOCCOCCOCCOCCOCCOCCNC(=S)Nc2ccc3c(c2)C(=O)OC32c3ccc(O)cc3Oc3cc(O)ccc32)c(F)c1. The van der Waals surface area contributed by atoms with E-state index in [4.69, 9.17) is 59.6 Å². The third-order valence-electron chi connectivity index (χ3n) is 18.5. The van der Waals surface area contributed by atoms with Crippen molar-refractivity contribution in [3.8, 4) is 28.7 Å². The number of nitrogens with one attached hydrogen (secondary N) is 11. The van der Waals surface area contributed by atoms with E-state index in [0.29, 0.717) is 109 Å². The monoisotopic (exact) mass is 1630 g/mol. The minimum atomic E-state index is -1.56. The van der Waals surface area contributed by atoms with Crippen LogP contribution in [0.15, 0.2) is 146 Å². The van der Waals surface area contributed by atoms with Crippen LogP contribution in [0.25, 0.3) is 21.8 Å². The second-order valence-electron chi connectivity index (χ2n) is 26.8. The van der Waals surface area contributed by atoms with Gasteiger partial charge in [0.1, 0.15) is 47.2 Å². The number of hydrogen-bond acceptors (Lipinski definition) is 23. The molecule has 11 rings (SSSR count). The minimum absolute atomic E-state index is 0.0204. The number of halogens is 1. The first-order valence-electron chi connectivity index (χ1n) is 37.5. The maximum absolute atomic E-state index is 15.1. The van der Waals surface area contributed by atoms with Gasteiger partial charge in [-0.15, -0.1) is 0 Å². The smallest absolute Gasteiger partial charge is 0.340 e. The first kappa shape index (κ1) is 85.5. The van der Waals surface area contributed by atoms with E-state index in [1.54, 1.807) is 60.9 Å². The van der Waals surface area contributed by atoms with Crippen molar-refractivity contribution < 1.29 is 110 Å². The van der Waals surface area contributed by atoms with Crippen molar-refractivity contribution in [1.82, 2.24) is 57.2 Å².